The quantitative estimate of drug-likeness (QED) is 0.293. The molecule has 2 aromatic rings. The zero-order chi connectivity index (χ0) is 21.8. The maximum Gasteiger partial charge on any atom is 0.283 e. The number of hydrogen-bond donors (Lipinski definition) is 0. The van der Waals surface area contributed by atoms with Crippen LogP contribution in [-0.2, 0) is 18.9 Å². The number of thioether (sulfide) groups is 1. The molecule has 1 aromatic carbocycles. The molecule has 2 saturated heterocycles. The number of rotatable bonds is 5. The van der Waals surface area contributed by atoms with Crippen molar-refractivity contribution in [2.24, 2.45) is 5.11 Å². The lowest BCUT2D eigenvalue weighted by Crippen LogP contribution is -2.60. The van der Waals surface area contributed by atoms with Crippen molar-refractivity contribution in [3.63, 3.8) is 0 Å². The van der Waals surface area contributed by atoms with E-state index in [-0.39, 0.29) is 12.4 Å². The number of ether oxygens (including phenoxy) is 4. The van der Waals surface area contributed by atoms with E-state index in [4.69, 9.17) is 25.5 Å². The molecule has 2 aliphatic rings. The van der Waals surface area contributed by atoms with Crippen LogP contribution in [0, 0.1) is 13.5 Å². The molecule has 0 bridgehead atoms. The first-order valence-corrected chi connectivity index (χ1v) is 10.6. The maximum absolute atomic E-state index is 9.22. The third-order valence-electron chi connectivity index (χ3n) is 5.16. The SMILES string of the molecule is [C-]#[N+]c1ncc(C)cc1S[C@H]1OC2COC(c3ccccc3)O[C@@H]2[C@H](N=[N+]=[N-])C1OC. The van der Waals surface area contributed by atoms with Crippen molar-refractivity contribution >= 4 is 17.6 Å². The smallest absolute Gasteiger partial charge is 0.283 e. The fourth-order valence-electron chi connectivity index (χ4n) is 3.71. The summed E-state index contributed by atoms with van der Waals surface area (Å²) in [5, 5.41) is 4.01. The van der Waals surface area contributed by atoms with E-state index in [1.165, 1.54) is 11.8 Å². The van der Waals surface area contributed by atoms with E-state index >= 15 is 0 Å². The normalized spacial score (nSPS) is 30.0. The van der Waals surface area contributed by atoms with Crippen LogP contribution < -0.4 is 0 Å². The van der Waals surface area contributed by atoms with Crippen molar-refractivity contribution < 1.29 is 18.9 Å². The summed E-state index contributed by atoms with van der Waals surface area (Å²) >= 11 is 1.33. The second kappa shape index (κ2) is 9.66. The minimum atomic E-state index is -0.629. The zero-order valence-electron chi connectivity index (χ0n) is 17.0. The molecule has 0 radical (unpaired) electrons. The van der Waals surface area contributed by atoms with Crippen LogP contribution in [-0.4, -0.2) is 48.5 Å². The van der Waals surface area contributed by atoms with Crippen molar-refractivity contribution in [3.8, 4) is 0 Å². The number of nitrogens with zero attached hydrogens (tertiary/aromatic N) is 5. The van der Waals surface area contributed by atoms with Gasteiger partial charge in [0.05, 0.1) is 12.6 Å². The Morgan fingerprint density at radius 2 is 2.10 bits per heavy atom. The van der Waals surface area contributed by atoms with Gasteiger partial charge in [-0.25, -0.2) is 0 Å². The van der Waals surface area contributed by atoms with Crippen LogP contribution in [0.4, 0.5) is 5.82 Å². The first-order chi connectivity index (χ1) is 15.1. The molecular weight excluding hydrogens is 418 g/mol. The highest BCUT2D eigenvalue weighted by Gasteiger charge is 2.50. The lowest BCUT2D eigenvalue weighted by molar-refractivity contribution is -0.298. The van der Waals surface area contributed by atoms with Gasteiger partial charge >= 0.3 is 0 Å². The second-order valence-electron chi connectivity index (χ2n) is 7.18. The van der Waals surface area contributed by atoms with E-state index in [1.807, 2.05) is 43.3 Å². The van der Waals surface area contributed by atoms with E-state index in [9.17, 15) is 5.53 Å². The summed E-state index contributed by atoms with van der Waals surface area (Å²) in [7, 11) is 1.54. The Kier molecular flexibility index (Phi) is 6.73. The van der Waals surface area contributed by atoms with Gasteiger partial charge in [0.25, 0.3) is 5.82 Å². The Morgan fingerprint density at radius 1 is 1.29 bits per heavy atom. The summed E-state index contributed by atoms with van der Waals surface area (Å²) in [5.74, 6) is 0.289. The summed E-state index contributed by atoms with van der Waals surface area (Å²) in [6, 6.07) is 10.8. The van der Waals surface area contributed by atoms with Crippen molar-refractivity contribution in [1.82, 2.24) is 4.98 Å². The molecule has 0 N–H and O–H groups in total. The number of fused-ring (bicyclic) bond motifs is 1. The lowest BCUT2D eigenvalue weighted by atomic mass is 9.96. The van der Waals surface area contributed by atoms with Crippen LogP contribution in [0.5, 0.6) is 0 Å². The molecule has 0 saturated carbocycles. The Morgan fingerprint density at radius 3 is 2.81 bits per heavy atom. The van der Waals surface area contributed by atoms with Gasteiger partial charge in [-0.3, -0.25) is 0 Å². The number of hydrogen-bond acceptors (Lipinski definition) is 7. The van der Waals surface area contributed by atoms with Gasteiger partial charge in [-0.2, -0.15) is 0 Å². The average Bonchev–Trinajstić information content (AvgIpc) is 2.80. The fraction of sp³-hybridized carbons (Fsp3) is 0.429. The van der Waals surface area contributed by atoms with Crippen LogP contribution in [0.15, 0.2) is 52.6 Å². The molecule has 9 nitrogen and oxygen atoms in total. The fourth-order valence-corrected chi connectivity index (χ4v) is 5.03. The standard InChI is InChI=1S/C21H21N5O4S/c1-12-9-15(19(23-2)24-10-12)31-21-18(27-3)16(25-26-22)17-14(29-21)11-28-20(30-17)13-7-5-4-6-8-13/h4-10,14,16-18,20-21H,11H2,1,3H3/t14?,16-,17-,18?,20?,21+/m0/s1. The third-order valence-corrected chi connectivity index (χ3v) is 6.32. The van der Waals surface area contributed by atoms with Crippen LogP contribution in [0.3, 0.4) is 0 Å². The molecule has 3 heterocycles. The van der Waals surface area contributed by atoms with E-state index in [2.05, 4.69) is 19.9 Å². The Balaban J connectivity index is 1.60. The number of methoxy groups -OCH3 is 1. The summed E-state index contributed by atoms with van der Waals surface area (Å²) in [4.78, 5) is 11.4. The molecule has 0 spiro atoms. The summed E-state index contributed by atoms with van der Waals surface area (Å²) in [6.45, 7) is 9.58. The Hall–Kier alpha value is -2.64. The lowest BCUT2D eigenvalue weighted by Gasteiger charge is -2.47. The molecule has 4 rings (SSSR count). The monoisotopic (exact) mass is 439 g/mol. The number of aryl methyl sites for hydroxylation is 1. The molecule has 0 amide bonds. The molecule has 6 atom stereocenters. The van der Waals surface area contributed by atoms with Crippen LogP contribution >= 0.6 is 11.8 Å². The van der Waals surface area contributed by atoms with Crippen molar-refractivity contribution in [3.05, 3.63) is 75.6 Å². The number of pyridine rings is 1. The molecule has 1 aromatic heterocycles. The molecule has 2 aliphatic heterocycles. The van der Waals surface area contributed by atoms with Gasteiger partial charge in [-0.1, -0.05) is 48.1 Å². The highest BCUT2D eigenvalue weighted by atomic mass is 32.2. The first kappa shape index (κ1) is 21.6. The van der Waals surface area contributed by atoms with Gasteiger partial charge in [0.15, 0.2) is 6.29 Å². The average molecular weight is 439 g/mol. The van der Waals surface area contributed by atoms with Gasteiger partial charge in [0, 0.05) is 22.5 Å². The third kappa shape index (κ3) is 4.52. The molecule has 31 heavy (non-hydrogen) atoms. The van der Waals surface area contributed by atoms with Gasteiger partial charge in [0.2, 0.25) is 0 Å². The highest BCUT2D eigenvalue weighted by Crippen LogP contribution is 2.42. The second-order valence-corrected chi connectivity index (χ2v) is 8.32. The molecular formula is C21H21N5O4S. The minimum absolute atomic E-state index is 0.275. The van der Waals surface area contributed by atoms with Crippen LogP contribution in [0.25, 0.3) is 15.3 Å². The highest BCUT2D eigenvalue weighted by molar-refractivity contribution is 8.00. The molecule has 10 heteroatoms. The topological polar surface area (TPSA) is 103 Å². The van der Waals surface area contributed by atoms with Crippen molar-refractivity contribution in [2.75, 3.05) is 13.7 Å². The molecule has 160 valence electrons. The predicted octanol–water partition coefficient (Wildman–Crippen LogP) is 4.57. The van der Waals surface area contributed by atoms with Crippen molar-refractivity contribution in [1.29, 1.82) is 0 Å². The Labute approximate surface area is 184 Å². The summed E-state index contributed by atoms with van der Waals surface area (Å²) in [5.41, 5.74) is 10.5. The molecule has 3 unspecified atom stereocenters. The van der Waals surface area contributed by atoms with Crippen LogP contribution in [0.2, 0.25) is 0 Å². The van der Waals surface area contributed by atoms with Gasteiger partial charge < -0.3 is 23.8 Å². The largest absolute Gasteiger partial charge is 0.377 e. The van der Waals surface area contributed by atoms with E-state index in [0.717, 1.165) is 11.1 Å². The summed E-state index contributed by atoms with van der Waals surface area (Å²) in [6.07, 6.45) is -0.506. The van der Waals surface area contributed by atoms with Gasteiger partial charge in [0.1, 0.15) is 29.9 Å². The minimum Gasteiger partial charge on any atom is -0.377 e. The number of aromatic nitrogens is 1. The predicted molar refractivity (Wildman–Crippen MR) is 113 cm³/mol. The molecule has 0 aliphatic carbocycles. The number of azide groups is 1. The first-order valence-electron chi connectivity index (χ1n) is 9.70. The van der Waals surface area contributed by atoms with Crippen molar-refractivity contribution in [2.45, 2.75) is 47.9 Å². The summed E-state index contributed by atoms with van der Waals surface area (Å²) < 4.78 is 24.0. The van der Waals surface area contributed by atoms with E-state index in [0.29, 0.717) is 4.90 Å². The zero-order valence-corrected chi connectivity index (χ0v) is 17.8. The maximum atomic E-state index is 9.22. The van der Waals surface area contributed by atoms with E-state index < -0.39 is 36.1 Å². The van der Waals surface area contributed by atoms with Crippen LogP contribution in [0.1, 0.15) is 17.4 Å². The molecule has 2 fully saturated rings. The number of benzene rings is 1. The van der Waals surface area contributed by atoms with Gasteiger partial charge in [-0.05, 0) is 18.0 Å². The van der Waals surface area contributed by atoms with E-state index in [1.54, 1.807) is 13.3 Å². The Bertz CT molecular complexity index is 1010. The van der Waals surface area contributed by atoms with Gasteiger partial charge in [-0.15, -0.1) is 16.7 Å².